The molecule has 0 radical (unpaired) electrons. The van der Waals surface area contributed by atoms with E-state index < -0.39 is 97.5 Å². The fraction of sp³-hybridized carbons (Fsp3) is 0.950. The van der Waals surface area contributed by atoms with E-state index in [9.17, 15) is 43.2 Å². The molecular formula is C80H156O17P2. The van der Waals surface area contributed by atoms with Crippen LogP contribution in [0.25, 0.3) is 0 Å². The molecule has 99 heavy (non-hydrogen) atoms. The molecule has 0 saturated heterocycles. The molecule has 4 unspecified atom stereocenters. The fourth-order valence-electron chi connectivity index (χ4n) is 12.2. The highest BCUT2D eigenvalue weighted by atomic mass is 31.2. The first-order chi connectivity index (χ1) is 47.7. The Morgan fingerprint density at radius 3 is 0.717 bits per heavy atom. The van der Waals surface area contributed by atoms with Crippen molar-refractivity contribution >= 4 is 39.5 Å². The maximum absolute atomic E-state index is 13.1. The van der Waals surface area contributed by atoms with Gasteiger partial charge in [-0.25, -0.2) is 9.13 Å². The van der Waals surface area contributed by atoms with Gasteiger partial charge in [0.2, 0.25) is 0 Å². The van der Waals surface area contributed by atoms with Crippen LogP contribution in [-0.4, -0.2) is 96.7 Å². The summed E-state index contributed by atoms with van der Waals surface area (Å²) in [5, 5.41) is 10.6. The summed E-state index contributed by atoms with van der Waals surface area (Å²) >= 11 is 0. The summed E-state index contributed by atoms with van der Waals surface area (Å²) < 4.78 is 68.7. The Labute approximate surface area is 607 Å². The minimum Gasteiger partial charge on any atom is -0.462 e. The highest BCUT2D eigenvalue weighted by molar-refractivity contribution is 7.47. The lowest BCUT2D eigenvalue weighted by molar-refractivity contribution is -0.161. The van der Waals surface area contributed by atoms with Gasteiger partial charge in [0.15, 0.2) is 12.2 Å². The van der Waals surface area contributed by atoms with Gasteiger partial charge in [-0.3, -0.25) is 37.3 Å². The highest BCUT2D eigenvalue weighted by Gasteiger charge is 2.30. The summed E-state index contributed by atoms with van der Waals surface area (Å²) in [6, 6.07) is 0. The van der Waals surface area contributed by atoms with Crippen LogP contribution in [0.1, 0.15) is 409 Å². The number of hydrogen-bond donors (Lipinski definition) is 3. The fourth-order valence-corrected chi connectivity index (χ4v) is 13.8. The van der Waals surface area contributed by atoms with Crippen LogP contribution in [-0.2, 0) is 65.4 Å². The van der Waals surface area contributed by atoms with Gasteiger partial charge in [0.1, 0.15) is 19.3 Å². The zero-order chi connectivity index (χ0) is 73.1. The average Bonchev–Trinajstić information content (AvgIpc) is 0.986. The van der Waals surface area contributed by atoms with Crippen LogP contribution in [0.3, 0.4) is 0 Å². The molecule has 0 bridgehead atoms. The minimum atomic E-state index is -4.96. The van der Waals surface area contributed by atoms with Crippen LogP contribution < -0.4 is 0 Å². The molecular weight excluding hydrogens is 1290 g/mol. The number of aliphatic hydroxyl groups excluding tert-OH is 1. The molecule has 0 aromatic heterocycles. The van der Waals surface area contributed by atoms with Gasteiger partial charge in [-0.1, -0.05) is 357 Å². The first kappa shape index (κ1) is 97.1. The Morgan fingerprint density at radius 1 is 0.283 bits per heavy atom. The van der Waals surface area contributed by atoms with E-state index in [1.807, 2.05) is 0 Å². The minimum absolute atomic E-state index is 0.106. The number of rotatable bonds is 77. The third-order valence-electron chi connectivity index (χ3n) is 19.3. The quantitative estimate of drug-likeness (QED) is 0.0222. The Hall–Kier alpha value is -1.94. The molecule has 19 heteroatoms. The number of unbranched alkanes of at least 4 members (excludes halogenated alkanes) is 41. The van der Waals surface area contributed by atoms with Gasteiger partial charge in [-0.05, 0) is 49.4 Å². The van der Waals surface area contributed by atoms with E-state index in [-0.39, 0.29) is 25.7 Å². The Bertz CT molecular complexity index is 1940. The van der Waals surface area contributed by atoms with Crippen molar-refractivity contribution < 1.29 is 80.2 Å². The number of ether oxygens (including phenoxy) is 4. The largest absolute Gasteiger partial charge is 0.472 e. The third kappa shape index (κ3) is 71.5. The SMILES string of the molecule is CCC(C)CCCCCCCCCCCCC(=O)O[C@H](COC(=O)CCCCCCCCCCC(C)CC)COP(=O)(O)OC[C@H](O)COP(=O)(O)OC[C@@H](COC(=O)CCCCCCCCCCCCCCC(C)C)OC(=O)CCCCCCCCCCCCCCCCCC(C)C. The maximum atomic E-state index is 13.1. The van der Waals surface area contributed by atoms with Crippen LogP contribution in [0, 0.1) is 23.7 Å². The second-order valence-corrected chi connectivity index (χ2v) is 33.1. The number of carbonyl (C=O) groups is 4. The van der Waals surface area contributed by atoms with E-state index in [4.69, 9.17) is 37.0 Å². The van der Waals surface area contributed by atoms with Crippen LogP contribution in [0.2, 0.25) is 0 Å². The summed E-state index contributed by atoms with van der Waals surface area (Å²) in [5.74, 6) is 1.05. The highest BCUT2D eigenvalue weighted by Crippen LogP contribution is 2.45. The molecule has 0 aromatic carbocycles. The lowest BCUT2D eigenvalue weighted by Crippen LogP contribution is -2.30. The van der Waals surface area contributed by atoms with Crippen molar-refractivity contribution in [2.45, 2.75) is 427 Å². The van der Waals surface area contributed by atoms with Crippen LogP contribution >= 0.6 is 15.6 Å². The van der Waals surface area contributed by atoms with E-state index in [1.165, 1.54) is 212 Å². The molecule has 0 rings (SSSR count). The van der Waals surface area contributed by atoms with E-state index >= 15 is 0 Å². The standard InChI is InChI=1S/C80H156O17P2/c1-9-72(7)58-50-42-34-26-22-23-29-39-47-55-63-80(85)97-76(67-91-78(83)61-53-45-37-31-30-35-43-51-59-73(8)10-2)69-95-99(88,89)93-65-74(81)64-92-98(86,87)94-68-75(66-90-77(82)60-52-44-36-27-20-17-16-19-25-33-41-49-57-71(5)6)96-79(84)62-54-46-38-28-21-15-13-11-12-14-18-24-32-40-48-56-70(3)4/h70-76,81H,9-69H2,1-8H3,(H,86,87)(H,88,89)/t72?,73?,74-,75-,76-/m1/s1. The zero-order valence-electron chi connectivity index (χ0n) is 65.1. The van der Waals surface area contributed by atoms with Crippen molar-refractivity contribution in [2.75, 3.05) is 39.6 Å². The van der Waals surface area contributed by atoms with Gasteiger partial charge in [-0.15, -0.1) is 0 Å². The predicted octanol–water partition coefficient (Wildman–Crippen LogP) is 23.6. The van der Waals surface area contributed by atoms with Crippen molar-refractivity contribution in [3.8, 4) is 0 Å². The molecule has 0 amide bonds. The first-order valence-corrected chi connectivity index (χ1v) is 44.3. The molecule has 17 nitrogen and oxygen atoms in total. The summed E-state index contributed by atoms with van der Waals surface area (Å²) in [4.78, 5) is 73.0. The molecule has 0 aromatic rings. The van der Waals surface area contributed by atoms with E-state index in [0.717, 1.165) is 114 Å². The van der Waals surface area contributed by atoms with Gasteiger partial charge in [0, 0.05) is 25.7 Å². The molecule has 7 atom stereocenters. The van der Waals surface area contributed by atoms with Crippen molar-refractivity contribution in [1.82, 2.24) is 0 Å². The summed E-state index contributed by atoms with van der Waals surface area (Å²) in [5.41, 5.74) is 0. The molecule has 0 saturated carbocycles. The smallest absolute Gasteiger partial charge is 0.462 e. The average molecular weight is 1450 g/mol. The predicted molar refractivity (Wildman–Crippen MR) is 404 cm³/mol. The Kier molecular flexibility index (Phi) is 67.8. The molecule has 0 fully saturated rings. The molecule has 0 aliphatic carbocycles. The van der Waals surface area contributed by atoms with Crippen LogP contribution in [0.4, 0.5) is 0 Å². The van der Waals surface area contributed by atoms with Crippen LogP contribution in [0.15, 0.2) is 0 Å². The molecule has 0 spiro atoms. The van der Waals surface area contributed by atoms with Crippen molar-refractivity contribution in [2.24, 2.45) is 23.7 Å². The lowest BCUT2D eigenvalue weighted by Gasteiger charge is -2.21. The summed E-state index contributed by atoms with van der Waals surface area (Å²) in [6.07, 6.45) is 55.3. The van der Waals surface area contributed by atoms with E-state index in [2.05, 4.69) is 55.4 Å². The first-order valence-electron chi connectivity index (χ1n) is 41.3. The second-order valence-electron chi connectivity index (χ2n) is 30.2. The van der Waals surface area contributed by atoms with E-state index in [1.54, 1.807) is 0 Å². The van der Waals surface area contributed by atoms with E-state index in [0.29, 0.717) is 25.7 Å². The maximum Gasteiger partial charge on any atom is 0.472 e. The third-order valence-corrected chi connectivity index (χ3v) is 21.2. The van der Waals surface area contributed by atoms with Gasteiger partial charge in [-0.2, -0.15) is 0 Å². The lowest BCUT2D eigenvalue weighted by atomic mass is 9.99. The van der Waals surface area contributed by atoms with Crippen LogP contribution in [0.5, 0.6) is 0 Å². The molecule has 0 aliphatic heterocycles. The summed E-state index contributed by atoms with van der Waals surface area (Å²) in [6.45, 7) is 14.3. The summed E-state index contributed by atoms with van der Waals surface area (Å²) in [7, 11) is -9.92. The van der Waals surface area contributed by atoms with Gasteiger partial charge in [0.25, 0.3) is 0 Å². The molecule has 3 N–H and O–H groups in total. The van der Waals surface area contributed by atoms with Gasteiger partial charge >= 0.3 is 39.5 Å². The number of hydrogen-bond acceptors (Lipinski definition) is 15. The Balaban J connectivity index is 5.28. The number of aliphatic hydroxyl groups is 1. The topological polar surface area (TPSA) is 237 Å². The number of carbonyl (C=O) groups excluding carboxylic acids is 4. The Morgan fingerprint density at radius 2 is 0.485 bits per heavy atom. The molecule has 0 heterocycles. The zero-order valence-corrected chi connectivity index (χ0v) is 66.9. The van der Waals surface area contributed by atoms with Crippen molar-refractivity contribution in [1.29, 1.82) is 0 Å². The number of esters is 4. The van der Waals surface area contributed by atoms with Gasteiger partial charge < -0.3 is 33.8 Å². The van der Waals surface area contributed by atoms with Gasteiger partial charge in [0.05, 0.1) is 26.4 Å². The molecule has 0 aliphatic rings. The molecule has 588 valence electrons. The van der Waals surface area contributed by atoms with Crippen molar-refractivity contribution in [3.63, 3.8) is 0 Å². The number of phosphoric ester groups is 2. The normalized spacial score (nSPS) is 14.6. The van der Waals surface area contributed by atoms with Crippen molar-refractivity contribution in [3.05, 3.63) is 0 Å². The monoisotopic (exact) mass is 1450 g/mol. The second kappa shape index (κ2) is 69.1. The number of phosphoric acid groups is 2.